The molecule has 0 saturated carbocycles. The molecule has 2 rings (SSSR count). The first-order valence-corrected chi connectivity index (χ1v) is 5.33. The Balaban J connectivity index is 2.48. The van der Waals surface area contributed by atoms with Crippen LogP contribution < -0.4 is 4.90 Å². The lowest BCUT2D eigenvalue weighted by Gasteiger charge is -2.24. The number of nitrogens with zero attached hydrogens (tertiary/aromatic N) is 1. The highest BCUT2D eigenvalue weighted by Gasteiger charge is 2.34. The minimum atomic E-state index is -0.838. The fourth-order valence-electron chi connectivity index (χ4n) is 2.18. The monoisotopic (exact) mass is 221 g/mol. The van der Waals surface area contributed by atoms with Crippen molar-refractivity contribution < 1.29 is 15.0 Å². The number of aromatic hydroxyl groups is 1. The van der Waals surface area contributed by atoms with E-state index in [1.54, 1.807) is 18.2 Å². The zero-order valence-corrected chi connectivity index (χ0v) is 9.34. The van der Waals surface area contributed by atoms with Gasteiger partial charge in [0.1, 0.15) is 11.7 Å². The zero-order chi connectivity index (χ0) is 11.9. The molecular weight excluding hydrogens is 206 g/mol. The molecule has 0 bridgehead atoms. The van der Waals surface area contributed by atoms with E-state index in [9.17, 15) is 9.90 Å². The Bertz CT molecular complexity index is 428. The lowest BCUT2D eigenvalue weighted by Crippen LogP contribution is -2.30. The van der Waals surface area contributed by atoms with Crippen molar-refractivity contribution in [2.45, 2.75) is 25.8 Å². The van der Waals surface area contributed by atoms with E-state index in [1.807, 2.05) is 18.7 Å². The fourth-order valence-corrected chi connectivity index (χ4v) is 2.18. The molecule has 0 saturated heterocycles. The van der Waals surface area contributed by atoms with Crippen LogP contribution in [0.5, 0.6) is 5.75 Å². The van der Waals surface area contributed by atoms with Crippen LogP contribution >= 0.6 is 0 Å². The average Bonchev–Trinajstić information content (AvgIpc) is 2.56. The molecule has 1 heterocycles. The Kier molecular flexibility index (Phi) is 2.50. The van der Waals surface area contributed by atoms with Gasteiger partial charge in [0, 0.05) is 18.3 Å². The second kappa shape index (κ2) is 3.70. The highest BCUT2D eigenvalue weighted by molar-refractivity contribution is 5.83. The van der Waals surface area contributed by atoms with Crippen LogP contribution in [0.2, 0.25) is 0 Å². The summed E-state index contributed by atoms with van der Waals surface area (Å²) in [5, 5.41) is 18.6. The van der Waals surface area contributed by atoms with E-state index in [4.69, 9.17) is 5.11 Å². The van der Waals surface area contributed by atoms with Crippen molar-refractivity contribution in [1.29, 1.82) is 0 Å². The van der Waals surface area contributed by atoms with Gasteiger partial charge in [-0.05, 0) is 37.6 Å². The van der Waals surface area contributed by atoms with Gasteiger partial charge in [0.25, 0.3) is 0 Å². The van der Waals surface area contributed by atoms with Crippen LogP contribution in [0.15, 0.2) is 18.2 Å². The van der Waals surface area contributed by atoms with Crippen molar-refractivity contribution in [1.82, 2.24) is 0 Å². The third-order valence-corrected chi connectivity index (χ3v) is 3.00. The largest absolute Gasteiger partial charge is 0.508 e. The number of hydrogen-bond donors (Lipinski definition) is 2. The molecule has 2 N–H and O–H groups in total. The third-order valence-electron chi connectivity index (χ3n) is 3.00. The summed E-state index contributed by atoms with van der Waals surface area (Å²) in [5.74, 6) is -1.25. The maximum Gasteiger partial charge on any atom is 0.312 e. The number of fused-ring (bicyclic) bond motifs is 1. The van der Waals surface area contributed by atoms with E-state index >= 15 is 0 Å². The van der Waals surface area contributed by atoms with Crippen molar-refractivity contribution in [2.75, 3.05) is 11.4 Å². The Morgan fingerprint density at radius 3 is 2.75 bits per heavy atom. The molecule has 1 aromatic rings. The van der Waals surface area contributed by atoms with Crippen molar-refractivity contribution >= 4 is 11.7 Å². The maximum absolute atomic E-state index is 11.1. The zero-order valence-electron chi connectivity index (χ0n) is 9.34. The Morgan fingerprint density at radius 2 is 2.19 bits per heavy atom. The van der Waals surface area contributed by atoms with Gasteiger partial charge in [-0.25, -0.2) is 0 Å². The Morgan fingerprint density at radius 1 is 1.50 bits per heavy atom. The first-order valence-electron chi connectivity index (χ1n) is 5.33. The van der Waals surface area contributed by atoms with E-state index in [0.717, 1.165) is 5.69 Å². The summed E-state index contributed by atoms with van der Waals surface area (Å²) in [6, 6.07) is 5.19. The van der Waals surface area contributed by atoms with Gasteiger partial charge in [0.05, 0.1) is 0 Å². The highest BCUT2D eigenvalue weighted by atomic mass is 16.4. The quantitative estimate of drug-likeness (QED) is 0.799. The van der Waals surface area contributed by atoms with Crippen molar-refractivity contribution in [3.8, 4) is 5.75 Å². The molecule has 1 aliphatic heterocycles. The second-order valence-corrected chi connectivity index (χ2v) is 4.38. The highest BCUT2D eigenvalue weighted by Crippen LogP contribution is 2.39. The van der Waals surface area contributed by atoms with Crippen molar-refractivity contribution in [2.24, 2.45) is 0 Å². The van der Waals surface area contributed by atoms with Gasteiger partial charge in [-0.15, -0.1) is 0 Å². The van der Waals surface area contributed by atoms with E-state index in [0.29, 0.717) is 12.1 Å². The van der Waals surface area contributed by atoms with Gasteiger partial charge in [0.2, 0.25) is 0 Å². The van der Waals surface area contributed by atoms with Crippen molar-refractivity contribution in [3.63, 3.8) is 0 Å². The topological polar surface area (TPSA) is 60.8 Å². The molecule has 0 aliphatic carbocycles. The molecule has 0 aromatic heterocycles. The molecule has 1 aliphatic rings. The Hall–Kier alpha value is -1.71. The summed E-state index contributed by atoms with van der Waals surface area (Å²) in [6.45, 7) is 4.54. The lowest BCUT2D eigenvalue weighted by atomic mass is 10.0. The van der Waals surface area contributed by atoms with Crippen molar-refractivity contribution in [3.05, 3.63) is 23.8 Å². The molecule has 1 atom stereocenters. The van der Waals surface area contributed by atoms with Gasteiger partial charge in [-0.1, -0.05) is 0 Å². The number of anilines is 1. The van der Waals surface area contributed by atoms with E-state index in [-0.39, 0.29) is 11.8 Å². The average molecular weight is 221 g/mol. The molecule has 4 nitrogen and oxygen atoms in total. The maximum atomic E-state index is 11.1. The molecular formula is C12H15NO3. The number of hydrogen-bond acceptors (Lipinski definition) is 3. The molecule has 0 amide bonds. The summed E-state index contributed by atoms with van der Waals surface area (Å²) in [6.07, 6.45) is 0. The molecule has 1 unspecified atom stereocenters. The summed E-state index contributed by atoms with van der Waals surface area (Å²) < 4.78 is 0. The first kappa shape index (κ1) is 10.8. The Labute approximate surface area is 94.1 Å². The fraction of sp³-hybridized carbons (Fsp3) is 0.417. The molecule has 1 aromatic carbocycles. The van der Waals surface area contributed by atoms with E-state index in [2.05, 4.69) is 0 Å². The van der Waals surface area contributed by atoms with Crippen LogP contribution in [0.1, 0.15) is 25.3 Å². The summed E-state index contributed by atoms with van der Waals surface area (Å²) in [4.78, 5) is 13.2. The van der Waals surface area contributed by atoms with Gasteiger partial charge >= 0.3 is 5.97 Å². The van der Waals surface area contributed by atoms with Crippen LogP contribution in [-0.2, 0) is 4.79 Å². The minimum absolute atomic E-state index is 0.121. The predicted molar refractivity (Wildman–Crippen MR) is 61.0 cm³/mol. The number of rotatable bonds is 2. The number of phenolic OH excluding ortho intramolecular Hbond substituents is 1. The van der Waals surface area contributed by atoms with Crippen LogP contribution in [-0.4, -0.2) is 28.8 Å². The third kappa shape index (κ3) is 1.60. The summed E-state index contributed by atoms with van der Waals surface area (Å²) in [5.41, 5.74) is 1.63. The van der Waals surface area contributed by atoms with Gasteiger partial charge < -0.3 is 15.1 Å². The number of phenols is 1. The molecule has 0 radical (unpaired) electrons. The van der Waals surface area contributed by atoms with Crippen LogP contribution in [0.4, 0.5) is 5.69 Å². The predicted octanol–water partition coefficient (Wildman–Crippen LogP) is 1.79. The molecule has 16 heavy (non-hydrogen) atoms. The number of aliphatic carboxylic acids is 1. The van der Waals surface area contributed by atoms with Crippen LogP contribution in [0, 0.1) is 0 Å². The SMILES string of the molecule is CC(C)N1CC(C(=O)O)c2cc(O)ccc21. The molecule has 4 heteroatoms. The van der Waals surface area contributed by atoms with Gasteiger partial charge in [0.15, 0.2) is 0 Å². The summed E-state index contributed by atoms with van der Waals surface area (Å²) >= 11 is 0. The normalized spacial score (nSPS) is 18.9. The lowest BCUT2D eigenvalue weighted by molar-refractivity contribution is -0.138. The van der Waals surface area contributed by atoms with Gasteiger partial charge in [-0.3, -0.25) is 4.79 Å². The van der Waals surface area contributed by atoms with E-state index in [1.165, 1.54) is 0 Å². The molecule has 86 valence electrons. The van der Waals surface area contributed by atoms with Gasteiger partial charge in [-0.2, -0.15) is 0 Å². The second-order valence-electron chi connectivity index (χ2n) is 4.38. The number of carboxylic acid groups (broad SMARTS) is 1. The number of carboxylic acids is 1. The van der Waals surface area contributed by atoms with Crippen LogP contribution in [0.25, 0.3) is 0 Å². The molecule has 0 spiro atoms. The van der Waals surface area contributed by atoms with E-state index < -0.39 is 11.9 Å². The smallest absolute Gasteiger partial charge is 0.312 e. The summed E-state index contributed by atoms with van der Waals surface area (Å²) in [7, 11) is 0. The number of carbonyl (C=O) groups is 1. The minimum Gasteiger partial charge on any atom is -0.508 e. The molecule has 0 fully saturated rings. The number of benzene rings is 1. The van der Waals surface area contributed by atoms with Crippen LogP contribution in [0.3, 0.4) is 0 Å². The standard InChI is InChI=1S/C12H15NO3/c1-7(2)13-6-10(12(15)16)9-5-8(14)3-4-11(9)13/h3-5,7,10,14H,6H2,1-2H3,(H,15,16). The first-order chi connectivity index (χ1) is 7.50.